The lowest BCUT2D eigenvalue weighted by Gasteiger charge is -2.52. The van der Waals surface area contributed by atoms with Crippen LogP contribution in [-0.4, -0.2) is 52.2 Å². The van der Waals surface area contributed by atoms with Crippen LogP contribution in [0, 0.1) is 5.41 Å². The summed E-state index contributed by atoms with van der Waals surface area (Å²) in [5.41, 5.74) is 0.239. The standard InChI is InChI=1S/C13H27NO3/c1-5-17-12-10-11(13(12,2)3)14-6-7-16-9-8-15-4/h11-12,14H,5-10H2,1-4H3. The molecule has 0 saturated heterocycles. The van der Waals surface area contributed by atoms with Crippen molar-refractivity contribution < 1.29 is 14.2 Å². The molecule has 1 aliphatic rings. The number of methoxy groups -OCH3 is 1. The molecule has 0 aromatic carbocycles. The molecule has 1 aliphatic carbocycles. The van der Waals surface area contributed by atoms with Gasteiger partial charge < -0.3 is 19.5 Å². The number of hydrogen-bond donors (Lipinski definition) is 1. The lowest BCUT2D eigenvalue weighted by Crippen LogP contribution is -2.61. The second kappa shape index (κ2) is 7.31. The molecule has 0 aromatic rings. The smallest absolute Gasteiger partial charge is 0.0700 e. The summed E-state index contributed by atoms with van der Waals surface area (Å²) >= 11 is 0. The fourth-order valence-corrected chi connectivity index (χ4v) is 2.27. The van der Waals surface area contributed by atoms with E-state index < -0.39 is 0 Å². The average Bonchev–Trinajstić information content (AvgIpc) is 2.31. The first-order valence-electron chi connectivity index (χ1n) is 6.54. The van der Waals surface area contributed by atoms with Gasteiger partial charge in [-0.3, -0.25) is 0 Å². The van der Waals surface area contributed by atoms with E-state index in [1.54, 1.807) is 7.11 Å². The van der Waals surface area contributed by atoms with Gasteiger partial charge in [0.15, 0.2) is 0 Å². The molecule has 17 heavy (non-hydrogen) atoms. The molecule has 2 atom stereocenters. The second-order valence-electron chi connectivity index (χ2n) is 5.11. The first kappa shape index (κ1) is 14.9. The van der Waals surface area contributed by atoms with E-state index in [4.69, 9.17) is 14.2 Å². The van der Waals surface area contributed by atoms with Gasteiger partial charge in [0.25, 0.3) is 0 Å². The zero-order valence-electron chi connectivity index (χ0n) is 11.6. The van der Waals surface area contributed by atoms with Crippen LogP contribution in [0.25, 0.3) is 0 Å². The van der Waals surface area contributed by atoms with Crippen molar-refractivity contribution in [2.45, 2.75) is 39.3 Å². The van der Waals surface area contributed by atoms with Gasteiger partial charge in [-0.15, -0.1) is 0 Å². The highest BCUT2D eigenvalue weighted by Crippen LogP contribution is 2.42. The molecule has 0 radical (unpaired) electrons. The van der Waals surface area contributed by atoms with E-state index in [2.05, 4.69) is 26.1 Å². The number of ether oxygens (including phenoxy) is 3. The fourth-order valence-electron chi connectivity index (χ4n) is 2.27. The van der Waals surface area contributed by atoms with E-state index in [1.165, 1.54) is 0 Å². The van der Waals surface area contributed by atoms with E-state index in [-0.39, 0.29) is 5.41 Å². The van der Waals surface area contributed by atoms with Gasteiger partial charge in [-0.1, -0.05) is 13.8 Å². The second-order valence-corrected chi connectivity index (χ2v) is 5.11. The zero-order valence-corrected chi connectivity index (χ0v) is 11.6. The van der Waals surface area contributed by atoms with Gasteiger partial charge in [0, 0.05) is 31.7 Å². The van der Waals surface area contributed by atoms with Crippen LogP contribution in [-0.2, 0) is 14.2 Å². The van der Waals surface area contributed by atoms with E-state index in [0.717, 1.165) is 26.2 Å². The van der Waals surface area contributed by atoms with E-state index >= 15 is 0 Å². The van der Waals surface area contributed by atoms with Crippen LogP contribution in [0.15, 0.2) is 0 Å². The van der Waals surface area contributed by atoms with Crippen LogP contribution in [0.4, 0.5) is 0 Å². The molecule has 0 heterocycles. The highest BCUT2D eigenvalue weighted by molar-refractivity contribution is 5.02. The summed E-state index contributed by atoms with van der Waals surface area (Å²) in [7, 11) is 1.69. The molecule has 0 amide bonds. The highest BCUT2D eigenvalue weighted by atomic mass is 16.5. The normalized spacial score (nSPS) is 26.8. The minimum Gasteiger partial charge on any atom is -0.382 e. The maximum absolute atomic E-state index is 5.69. The monoisotopic (exact) mass is 245 g/mol. The third-order valence-electron chi connectivity index (χ3n) is 3.61. The molecule has 1 rings (SSSR count). The van der Waals surface area contributed by atoms with Crippen LogP contribution in [0.5, 0.6) is 0 Å². The van der Waals surface area contributed by atoms with Crippen LogP contribution in [0.1, 0.15) is 27.2 Å². The Morgan fingerprint density at radius 1 is 1.24 bits per heavy atom. The van der Waals surface area contributed by atoms with Crippen molar-refractivity contribution in [1.82, 2.24) is 5.32 Å². The van der Waals surface area contributed by atoms with Gasteiger partial charge in [0.05, 0.1) is 25.9 Å². The summed E-state index contributed by atoms with van der Waals surface area (Å²) in [4.78, 5) is 0. The first-order chi connectivity index (χ1) is 8.12. The SMILES string of the molecule is CCOC1CC(NCCOCCOC)C1(C)C. The molecule has 0 spiro atoms. The first-order valence-corrected chi connectivity index (χ1v) is 6.54. The summed E-state index contributed by atoms with van der Waals surface area (Å²) in [5.74, 6) is 0. The molecule has 1 N–H and O–H groups in total. The summed E-state index contributed by atoms with van der Waals surface area (Å²) in [5, 5.41) is 3.53. The lowest BCUT2D eigenvalue weighted by atomic mass is 9.64. The molecule has 4 heteroatoms. The highest BCUT2D eigenvalue weighted by Gasteiger charge is 2.48. The topological polar surface area (TPSA) is 39.7 Å². The molecule has 0 bridgehead atoms. The maximum Gasteiger partial charge on any atom is 0.0700 e. The van der Waals surface area contributed by atoms with Gasteiger partial charge in [-0.2, -0.15) is 0 Å². The van der Waals surface area contributed by atoms with Crippen LogP contribution in [0.2, 0.25) is 0 Å². The molecule has 1 fully saturated rings. The van der Waals surface area contributed by atoms with Crippen LogP contribution < -0.4 is 5.32 Å². The predicted molar refractivity (Wildman–Crippen MR) is 68.3 cm³/mol. The predicted octanol–water partition coefficient (Wildman–Crippen LogP) is 1.44. The Morgan fingerprint density at radius 2 is 2.00 bits per heavy atom. The van der Waals surface area contributed by atoms with Gasteiger partial charge in [-0.05, 0) is 13.3 Å². The van der Waals surface area contributed by atoms with Gasteiger partial charge in [-0.25, -0.2) is 0 Å². The fraction of sp³-hybridized carbons (Fsp3) is 1.00. The van der Waals surface area contributed by atoms with Crippen molar-refractivity contribution in [3.63, 3.8) is 0 Å². The summed E-state index contributed by atoms with van der Waals surface area (Å²) in [6.07, 6.45) is 1.51. The van der Waals surface area contributed by atoms with Crippen LogP contribution in [0.3, 0.4) is 0 Å². The molecule has 0 aromatic heterocycles. The Bertz CT molecular complexity index is 209. The number of nitrogens with one attached hydrogen (secondary N) is 1. The van der Waals surface area contributed by atoms with Gasteiger partial charge in [0.2, 0.25) is 0 Å². The quantitative estimate of drug-likeness (QED) is 0.624. The third-order valence-corrected chi connectivity index (χ3v) is 3.61. The van der Waals surface area contributed by atoms with E-state index in [0.29, 0.717) is 25.4 Å². The van der Waals surface area contributed by atoms with Crippen molar-refractivity contribution in [3.05, 3.63) is 0 Å². The van der Waals surface area contributed by atoms with Crippen molar-refractivity contribution in [3.8, 4) is 0 Å². The zero-order chi connectivity index (χ0) is 12.7. The molecular weight excluding hydrogens is 218 g/mol. The van der Waals surface area contributed by atoms with E-state index in [9.17, 15) is 0 Å². The summed E-state index contributed by atoms with van der Waals surface area (Å²) in [6, 6.07) is 0.546. The molecular formula is C13H27NO3. The Balaban J connectivity index is 2.05. The largest absolute Gasteiger partial charge is 0.382 e. The van der Waals surface area contributed by atoms with Crippen LogP contribution >= 0.6 is 0 Å². The van der Waals surface area contributed by atoms with Crippen molar-refractivity contribution >= 4 is 0 Å². The Labute approximate surface area is 105 Å². The Morgan fingerprint density at radius 3 is 2.59 bits per heavy atom. The molecule has 4 nitrogen and oxygen atoms in total. The Kier molecular flexibility index (Phi) is 6.41. The van der Waals surface area contributed by atoms with Crippen molar-refractivity contribution in [1.29, 1.82) is 0 Å². The number of hydrogen-bond acceptors (Lipinski definition) is 4. The van der Waals surface area contributed by atoms with Gasteiger partial charge >= 0.3 is 0 Å². The molecule has 1 saturated carbocycles. The van der Waals surface area contributed by atoms with Crippen molar-refractivity contribution in [2.75, 3.05) is 40.1 Å². The van der Waals surface area contributed by atoms with E-state index in [1.807, 2.05) is 0 Å². The van der Waals surface area contributed by atoms with Gasteiger partial charge in [0.1, 0.15) is 0 Å². The third kappa shape index (κ3) is 4.21. The van der Waals surface area contributed by atoms with Crippen molar-refractivity contribution in [2.24, 2.45) is 5.41 Å². The minimum atomic E-state index is 0.239. The summed E-state index contributed by atoms with van der Waals surface area (Å²) < 4.78 is 16.0. The molecule has 0 aliphatic heterocycles. The maximum atomic E-state index is 5.69. The average molecular weight is 245 g/mol. The molecule has 2 unspecified atom stereocenters. The Hall–Kier alpha value is -0.160. The summed E-state index contributed by atoms with van der Waals surface area (Å²) in [6.45, 7) is 10.4. The number of rotatable bonds is 9. The minimum absolute atomic E-state index is 0.239. The molecule has 102 valence electrons. The lowest BCUT2D eigenvalue weighted by molar-refractivity contribution is -0.114.